The SMILES string of the molecule is CC(C)c1nn(C)c(NCCCn2cccn2)c1[N+](=O)[O-]. The van der Waals surface area contributed by atoms with Gasteiger partial charge in [-0.25, -0.2) is 4.68 Å². The highest BCUT2D eigenvalue weighted by Gasteiger charge is 2.28. The Morgan fingerprint density at radius 3 is 2.81 bits per heavy atom. The smallest absolute Gasteiger partial charge is 0.334 e. The number of rotatable bonds is 7. The molecule has 2 aromatic rings. The summed E-state index contributed by atoms with van der Waals surface area (Å²) in [7, 11) is 1.72. The van der Waals surface area contributed by atoms with Gasteiger partial charge < -0.3 is 5.32 Å². The molecule has 0 saturated heterocycles. The monoisotopic (exact) mass is 292 g/mol. The Hall–Kier alpha value is -2.38. The normalized spacial score (nSPS) is 11.0. The molecule has 0 aromatic carbocycles. The molecule has 1 N–H and O–H groups in total. The van der Waals surface area contributed by atoms with Crippen LogP contribution in [0.4, 0.5) is 11.5 Å². The first-order chi connectivity index (χ1) is 10.0. The predicted molar refractivity (Wildman–Crippen MR) is 79.3 cm³/mol. The zero-order valence-electron chi connectivity index (χ0n) is 12.5. The summed E-state index contributed by atoms with van der Waals surface area (Å²) in [6.07, 6.45) is 4.44. The molecule has 21 heavy (non-hydrogen) atoms. The van der Waals surface area contributed by atoms with Gasteiger partial charge in [-0.15, -0.1) is 0 Å². The van der Waals surface area contributed by atoms with E-state index in [1.807, 2.05) is 30.8 Å². The molecule has 2 aromatic heterocycles. The molecular formula is C13H20N6O2. The zero-order chi connectivity index (χ0) is 15.4. The minimum absolute atomic E-state index is 0.0104. The number of aryl methyl sites for hydroxylation is 2. The van der Waals surface area contributed by atoms with Crippen LogP contribution in [0.5, 0.6) is 0 Å². The Balaban J connectivity index is 2.03. The van der Waals surface area contributed by atoms with E-state index in [0.29, 0.717) is 18.1 Å². The lowest BCUT2D eigenvalue weighted by Gasteiger charge is -2.06. The van der Waals surface area contributed by atoms with E-state index in [0.717, 1.165) is 13.0 Å². The van der Waals surface area contributed by atoms with Gasteiger partial charge >= 0.3 is 5.69 Å². The Morgan fingerprint density at radius 2 is 2.24 bits per heavy atom. The van der Waals surface area contributed by atoms with E-state index >= 15 is 0 Å². The van der Waals surface area contributed by atoms with Crippen LogP contribution in [0, 0.1) is 10.1 Å². The van der Waals surface area contributed by atoms with Gasteiger partial charge in [-0.1, -0.05) is 13.8 Å². The van der Waals surface area contributed by atoms with Gasteiger partial charge in [-0.2, -0.15) is 10.2 Å². The summed E-state index contributed by atoms with van der Waals surface area (Å²) >= 11 is 0. The molecule has 0 unspecified atom stereocenters. The fraction of sp³-hybridized carbons (Fsp3) is 0.538. The standard InChI is InChI=1S/C13H20N6O2/c1-10(2)11-12(19(20)21)13(17(3)16-11)14-6-4-8-18-9-5-7-15-18/h5,7,9-10,14H,4,6,8H2,1-3H3. The molecule has 0 amide bonds. The molecule has 0 bridgehead atoms. The second-order valence-corrected chi connectivity index (χ2v) is 5.17. The lowest BCUT2D eigenvalue weighted by Crippen LogP contribution is -2.10. The van der Waals surface area contributed by atoms with Gasteiger partial charge in [-0.05, 0) is 12.5 Å². The summed E-state index contributed by atoms with van der Waals surface area (Å²) in [6.45, 7) is 5.19. The molecule has 0 aliphatic rings. The van der Waals surface area contributed by atoms with Gasteiger partial charge in [0.05, 0.1) is 4.92 Å². The van der Waals surface area contributed by atoms with Gasteiger partial charge in [0.1, 0.15) is 5.69 Å². The molecule has 0 fully saturated rings. The van der Waals surface area contributed by atoms with Crippen LogP contribution in [0.25, 0.3) is 0 Å². The van der Waals surface area contributed by atoms with E-state index in [1.165, 1.54) is 0 Å². The van der Waals surface area contributed by atoms with E-state index in [-0.39, 0.29) is 16.5 Å². The first kappa shape index (κ1) is 15.0. The summed E-state index contributed by atoms with van der Waals surface area (Å²) < 4.78 is 3.38. The van der Waals surface area contributed by atoms with Crippen LogP contribution in [0.15, 0.2) is 18.5 Å². The maximum absolute atomic E-state index is 11.3. The van der Waals surface area contributed by atoms with Crippen LogP contribution in [0.2, 0.25) is 0 Å². The number of nitro groups is 1. The number of hydrogen-bond acceptors (Lipinski definition) is 5. The molecule has 2 heterocycles. The van der Waals surface area contributed by atoms with Crippen LogP contribution in [-0.4, -0.2) is 31.0 Å². The molecule has 0 radical (unpaired) electrons. The van der Waals surface area contributed by atoms with Crippen molar-refractivity contribution in [2.75, 3.05) is 11.9 Å². The van der Waals surface area contributed by atoms with E-state index in [1.54, 1.807) is 17.9 Å². The fourth-order valence-corrected chi connectivity index (χ4v) is 2.18. The minimum atomic E-state index is -0.363. The molecule has 114 valence electrons. The third kappa shape index (κ3) is 3.39. The van der Waals surface area contributed by atoms with Gasteiger partial charge in [0.25, 0.3) is 0 Å². The summed E-state index contributed by atoms with van der Waals surface area (Å²) in [6, 6.07) is 1.87. The number of anilines is 1. The van der Waals surface area contributed by atoms with E-state index in [4.69, 9.17) is 0 Å². The van der Waals surface area contributed by atoms with Crippen molar-refractivity contribution in [2.45, 2.75) is 32.7 Å². The van der Waals surface area contributed by atoms with Crippen molar-refractivity contribution < 1.29 is 4.92 Å². The van der Waals surface area contributed by atoms with Gasteiger partial charge in [0.15, 0.2) is 0 Å². The van der Waals surface area contributed by atoms with Gasteiger partial charge in [0.2, 0.25) is 5.82 Å². The molecule has 0 atom stereocenters. The van der Waals surface area contributed by atoms with E-state index in [9.17, 15) is 10.1 Å². The first-order valence-electron chi connectivity index (χ1n) is 6.93. The second kappa shape index (κ2) is 6.38. The number of nitrogens with one attached hydrogen (secondary N) is 1. The molecule has 2 rings (SSSR count). The van der Waals surface area contributed by atoms with E-state index in [2.05, 4.69) is 15.5 Å². The Bertz CT molecular complexity index is 602. The van der Waals surface area contributed by atoms with Crippen molar-refractivity contribution in [3.8, 4) is 0 Å². The zero-order valence-corrected chi connectivity index (χ0v) is 12.5. The summed E-state index contributed by atoms with van der Waals surface area (Å²) in [5.74, 6) is 0.473. The third-order valence-electron chi connectivity index (χ3n) is 3.19. The first-order valence-corrected chi connectivity index (χ1v) is 6.93. The largest absolute Gasteiger partial charge is 0.364 e. The Kier molecular flexibility index (Phi) is 4.56. The Morgan fingerprint density at radius 1 is 1.48 bits per heavy atom. The summed E-state index contributed by atoms with van der Waals surface area (Å²) in [5, 5.41) is 22.8. The van der Waals surface area contributed by atoms with Crippen LogP contribution >= 0.6 is 0 Å². The van der Waals surface area contributed by atoms with Crippen LogP contribution in [0.1, 0.15) is 31.9 Å². The van der Waals surface area contributed by atoms with Crippen molar-refractivity contribution in [3.05, 3.63) is 34.3 Å². The molecule has 8 heteroatoms. The molecule has 0 aliphatic carbocycles. The van der Waals surface area contributed by atoms with Crippen molar-refractivity contribution in [2.24, 2.45) is 7.05 Å². The average Bonchev–Trinajstić information content (AvgIpc) is 3.02. The van der Waals surface area contributed by atoms with Gasteiger partial charge in [-0.3, -0.25) is 14.8 Å². The summed E-state index contributed by atoms with van der Waals surface area (Å²) in [5.41, 5.74) is 0.587. The number of aromatic nitrogens is 4. The number of nitrogens with zero attached hydrogens (tertiary/aromatic N) is 5. The average molecular weight is 292 g/mol. The fourth-order valence-electron chi connectivity index (χ4n) is 2.18. The molecule has 0 saturated carbocycles. The van der Waals surface area contributed by atoms with Crippen LogP contribution in [0.3, 0.4) is 0 Å². The second-order valence-electron chi connectivity index (χ2n) is 5.17. The molecular weight excluding hydrogens is 272 g/mol. The summed E-state index contributed by atoms with van der Waals surface area (Å²) in [4.78, 5) is 10.9. The van der Waals surface area contributed by atoms with Gasteiger partial charge in [0, 0.05) is 38.4 Å². The topological polar surface area (TPSA) is 90.8 Å². The number of hydrogen-bond donors (Lipinski definition) is 1. The maximum atomic E-state index is 11.3. The van der Waals surface area contributed by atoms with Crippen molar-refractivity contribution >= 4 is 11.5 Å². The third-order valence-corrected chi connectivity index (χ3v) is 3.19. The van der Waals surface area contributed by atoms with Crippen molar-refractivity contribution in [3.63, 3.8) is 0 Å². The lowest BCUT2D eigenvalue weighted by atomic mass is 10.1. The molecule has 8 nitrogen and oxygen atoms in total. The molecule has 0 aliphatic heterocycles. The highest BCUT2D eigenvalue weighted by atomic mass is 16.6. The maximum Gasteiger partial charge on any atom is 0.334 e. The highest BCUT2D eigenvalue weighted by Crippen LogP contribution is 2.32. The molecule has 0 spiro atoms. The van der Waals surface area contributed by atoms with Crippen LogP contribution in [-0.2, 0) is 13.6 Å². The predicted octanol–water partition coefficient (Wildman–Crippen LogP) is 2.15. The Labute approximate surface area is 122 Å². The van der Waals surface area contributed by atoms with Crippen molar-refractivity contribution in [1.29, 1.82) is 0 Å². The van der Waals surface area contributed by atoms with E-state index < -0.39 is 0 Å². The highest BCUT2D eigenvalue weighted by molar-refractivity contribution is 5.60. The van der Waals surface area contributed by atoms with Crippen LogP contribution < -0.4 is 5.32 Å². The lowest BCUT2D eigenvalue weighted by molar-refractivity contribution is -0.384. The minimum Gasteiger partial charge on any atom is -0.364 e. The van der Waals surface area contributed by atoms with Crippen molar-refractivity contribution in [1.82, 2.24) is 19.6 Å². The quantitative estimate of drug-likeness (QED) is 0.479.